The largest absolute Gasteiger partial charge is 0.466 e. The first-order valence-corrected chi connectivity index (χ1v) is 6.53. The van der Waals surface area contributed by atoms with E-state index in [0.29, 0.717) is 11.1 Å². The second-order valence-corrected chi connectivity index (χ2v) is 5.01. The van der Waals surface area contributed by atoms with Crippen molar-refractivity contribution in [2.45, 2.75) is 30.7 Å². The number of alkyl halides is 3. The molecule has 0 fully saturated rings. The van der Waals surface area contributed by atoms with E-state index in [9.17, 15) is 18.0 Å². The van der Waals surface area contributed by atoms with Gasteiger partial charge in [0.15, 0.2) is 0 Å². The van der Waals surface area contributed by atoms with Crippen LogP contribution in [-0.2, 0) is 16.0 Å². The van der Waals surface area contributed by atoms with Crippen molar-refractivity contribution in [1.29, 1.82) is 5.26 Å². The number of nitrogens with zero attached hydrogens (tertiary/aromatic N) is 1. The smallest absolute Gasteiger partial charge is 0.446 e. The van der Waals surface area contributed by atoms with E-state index < -0.39 is 11.5 Å². The molecular formula is C13H12F3NO2S. The Morgan fingerprint density at radius 3 is 2.60 bits per heavy atom. The molecule has 0 amide bonds. The molecule has 0 aliphatic carbocycles. The van der Waals surface area contributed by atoms with Crippen LogP contribution in [0.4, 0.5) is 13.2 Å². The summed E-state index contributed by atoms with van der Waals surface area (Å²) in [6, 6.07) is 4.49. The van der Waals surface area contributed by atoms with Gasteiger partial charge in [0, 0.05) is 4.90 Å². The van der Waals surface area contributed by atoms with Gasteiger partial charge in [-0.1, -0.05) is 6.07 Å². The lowest BCUT2D eigenvalue weighted by Crippen LogP contribution is -2.08. The minimum absolute atomic E-state index is 0.0691. The summed E-state index contributed by atoms with van der Waals surface area (Å²) in [5, 5.41) is 8.95. The van der Waals surface area contributed by atoms with Crippen LogP contribution in [0, 0.1) is 18.3 Å². The van der Waals surface area contributed by atoms with Crippen molar-refractivity contribution < 1.29 is 22.7 Å². The molecule has 0 atom stereocenters. The van der Waals surface area contributed by atoms with Crippen LogP contribution >= 0.6 is 11.8 Å². The number of rotatable bonds is 4. The van der Waals surface area contributed by atoms with Gasteiger partial charge in [0.05, 0.1) is 18.6 Å². The van der Waals surface area contributed by atoms with Gasteiger partial charge in [0.1, 0.15) is 6.07 Å². The summed E-state index contributed by atoms with van der Waals surface area (Å²) in [5.74, 6) is -0.480. The summed E-state index contributed by atoms with van der Waals surface area (Å²) >= 11 is -0.322. The highest BCUT2D eigenvalue weighted by Gasteiger charge is 2.31. The minimum atomic E-state index is -4.46. The van der Waals surface area contributed by atoms with Gasteiger partial charge in [-0.25, -0.2) is 0 Å². The maximum Gasteiger partial charge on any atom is 0.446 e. The average molecular weight is 303 g/mol. The van der Waals surface area contributed by atoms with E-state index in [1.165, 1.54) is 19.1 Å². The maximum atomic E-state index is 12.4. The Labute approximate surface area is 118 Å². The number of thioether (sulfide) groups is 1. The molecule has 0 unspecified atom stereocenters. The highest BCUT2D eigenvalue weighted by molar-refractivity contribution is 8.00. The average Bonchev–Trinajstić information content (AvgIpc) is 2.31. The molecule has 7 heteroatoms. The van der Waals surface area contributed by atoms with E-state index in [1.54, 1.807) is 13.0 Å². The topological polar surface area (TPSA) is 50.1 Å². The zero-order valence-corrected chi connectivity index (χ0v) is 11.7. The molecule has 1 aromatic rings. The van der Waals surface area contributed by atoms with Crippen molar-refractivity contribution in [3.8, 4) is 6.07 Å². The van der Waals surface area contributed by atoms with Crippen LogP contribution in [0.2, 0.25) is 0 Å². The summed E-state index contributed by atoms with van der Waals surface area (Å²) in [4.78, 5) is 11.2. The number of halogens is 3. The van der Waals surface area contributed by atoms with Gasteiger partial charge < -0.3 is 4.74 Å². The Morgan fingerprint density at radius 1 is 1.45 bits per heavy atom. The molecule has 0 aliphatic rings. The molecule has 0 bridgehead atoms. The van der Waals surface area contributed by atoms with Gasteiger partial charge in [-0.15, -0.1) is 0 Å². The van der Waals surface area contributed by atoms with Gasteiger partial charge in [-0.05, 0) is 42.8 Å². The van der Waals surface area contributed by atoms with Gasteiger partial charge >= 0.3 is 11.5 Å². The number of aryl methyl sites for hydroxylation is 1. The van der Waals surface area contributed by atoms with Crippen LogP contribution in [0.1, 0.15) is 23.6 Å². The Balaban J connectivity index is 3.08. The molecule has 0 spiro atoms. The van der Waals surface area contributed by atoms with E-state index >= 15 is 0 Å². The van der Waals surface area contributed by atoms with Gasteiger partial charge in [-0.3, -0.25) is 4.79 Å². The van der Waals surface area contributed by atoms with Crippen molar-refractivity contribution in [3.05, 3.63) is 28.8 Å². The van der Waals surface area contributed by atoms with Crippen LogP contribution < -0.4 is 0 Å². The zero-order valence-electron chi connectivity index (χ0n) is 10.9. The van der Waals surface area contributed by atoms with E-state index in [-0.39, 0.29) is 35.2 Å². The SMILES string of the molecule is CCOC(=O)Cc1cc(C)c(SC(F)(F)F)c(C#N)c1. The summed E-state index contributed by atoms with van der Waals surface area (Å²) < 4.78 is 42.0. The minimum Gasteiger partial charge on any atom is -0.466 e. The third kappa shape index (κ3) is 4.78. The molecule has 3 nitrogen and oxygen atoms in total. The lowest BCUT2D eigenvalue weighted by Gasteiger charge is -2.12. The predicted octanol–water partition coefficient (Wildman–Crippen LogP) is 3.58. The van der Waals surface area contributed by atoms with E-state index in [4.69, 9.17) is 10.00 Å². The highest BCUT2D eigenvalue weighted by Crippen LogP contribution is 2.40. The quantitative estimate of drug-likeness (QED) is 0.630. The fraction of sp³-hybridized carbons (Fsp3) is 0.385. The third-order valence-corrected chi connectivity index (χ3v) is 3.30. The highest BCUT2D eigenvalue weighted by atomic mass is 32.2. The van der Waals surface area contributed by atoms with Crippen molar-refractivity contribution >= 4 is 17.7 Å². The monoisotopic (exact) mass is 303 g/mol. The van der Waals surface area contributed by atoms with Crippen molar-refractivity contribution in [2.75, 3.05) is 6.61 Å². The number of carbonyl (C=O) groups excluding carboxylic acids is 1. The number of nitriles is 1. The summed E-state index contributed by atoms with van der Waals surface area (Å²) in [7, 11) is 0. The molecule has 0 heterocycles. The molecule has 0 aromatic heterocycles. The first-order chi connectivity index (χ1) is 9.26. The molecule has 0 saturated heterocycles. The Morgan fingerprint density at radius 2 is 2.10 bits per heavy atom. The lowest BCUT2D eigenvalue weighted by atomic mass is 10.0. The van der Waals surface area contributed by atoms with E-state index in [1.807, 2.05) is 0 Å². The van der Waals surface area contributed by atoms with Crippen molar-refractivity contribution in [3.63, 3.8) is 0 Å². The van der Waals surface area contributed by atoms with E-state index in [2.05, 4.69) is 0 Å². The first-order valence-electron chi connectivity index (χ1n) is 5.71. The Kier molecular flexibility index (Phi) is 5.45. The molecule has 108 valence electrons. The number of hydrogen-bond acceptors (Lipinski definition) is 4. The molecule has 0 radical (unpaired) electrons. The number of esters is 1. The second kappa shape index (κ2) is 6.66. The van der Waals surface area contributed by atoms with Crippen molar-refractivity contribution in [2.24, 2.45) is 0 Å². The fourth-order valence-electron chi connectivity index (χ4n) is 1.66. The summed E-state index contributed by atoms with van der Waals surface area (Å²) in [5.41, 5.74) is -3.78. The Bertz CT molecular complexity index is 550. The predicted molar refractivity (Wildman–Crippen MR) is 68.1 cm³/mol. The maximum absolute atomic E-state index is 12.4. The van der Waals surface area contributed by atoms with Crippen LogP contribution in [0.5, 0.6) is 0 Å². The van der Waals surface area contributed by atoms with Crippen molar-refractivity contribution in [1.82, 2.24) is 0 Å². The molecule has 0 saturated carbocycles. The zero-order chi connectivity index (χ0) is 15.3. The Hall–Kier alpha value is -1.68. The first kappa shape index (κ1) is 16.4. The third-order valence-electron chi connectivity index (χ3n) is 2.33. The molecule has 1 aromatic carbocycles. The van der Waals surface area contributed by atoms with Crippen LogP contribution in [0.25, 0.3) is 0 Å². The molecule has 20 heavy (non-hydrogen) atoms. The summed E-state index contributed by atoms with van der Waals surface area (Å²) in [6.45, 7) is 3.36. The van der Waals surface area contributed by atoms with Gasteiger partial charge in [-0.2, -0.15) is 18.4 Å². The molecular weight excluding hydrogens is 291 g/mol. The standard InChI is InChI=1S/C13H12F3NO2S/c1-3-19-11(18)6-9-4-8(2)12(10(5-9)7-17)20-13(14,15)16/h4-5H,3,6H2,1-2H3. The fourth-order valence-corrected chi connectivity index (χ4v) is 2.33. The van der Waals surface area contributed by atoms with Crippen LogP contribution in [0.3, 0.4) is 0 Å². The number of carbonyl (C=O) groups is 1. The second-order valence-electron chi connectivity index (χ2n) is 3.93. The number of hydrogen-bond donors (Lipinski definition) is 0. The van der Waals surface area contributed by atoms with Gasteiger partial charge in [0.25, 0.3) is 0 Å². The number of ether oxygens (including phenoxy) is 1. The molecule has 0 aliphatic heterocycles. The van der Waals surface area contributed by atoms with E-state index in [0.717, 1.165) is 0 Å². The lowest BCUT2D eigenvalue weighted by molar-refractivity contribution is -0.142. The van der Waals surface area contributed by atoms with Crippen LogP contribution in [-0.4, -0.2) is 18.1 Å². The normalized spacial score (nSPS) is 11.0. The molecule has 1 rings (SSSR count). The number of benzene rings is 1. The van der Waals surface area contributed by atoms with Gasteiger partial charge in [0.2, 0.25) is 0 Å². The van der Waals surface area contributed by atoms with Crippen LogP contribution in [0.15, 0.2) is 17.0 Å². The molecule has 0 N–H and O–H groups in total. The summed E-state index contributed by atoms with van der Waals surface area (Å²) in [6.07, 6.45) is -0.0691.